The number of rotatable bonds is 5. The van der Waals surface area contributed by atoms with Crippen LogP contribution < -0.4 is 0 Å². The summed E-state index contributed by atoms with van der Waals surface area (Å²) < 4.78 is 1.90. The van der Waals surface area contributed by atoms with E-state index in [-0.39, 0.29) is 24.5 Å². The molecular weight excluding hydrogens is 266 g/mol. The third-order valence-electron chi connectivity index (χ3n) is 4.43. The van der Waals surface area contributed by atoms with Crippen LogP contribution in [0, 0.1) is 12.8 Å². The molecule has 1 unspecified atom stereocenters. The highest BCUT2D eigenvalue weighted by atomic mass is 16.3. The Morgan fingerprint density at radius 2 is 2.19 bits per heavy atom. The zero-order valence-corrected chi connectivity index (χ0v) is 13.4. The summed E-state index contributed by atoms with van der Waals surface area (Å²) in [5, 5.41) is 13.9. The molecule has 118 valence electrons. The van der Waals surface area contributed by atoms with Crippen molar-refractivity contribution in [3.63, 3.8) is 0 Å². The second kappa shape index (κ2) is 7.07. The van der Waals surface area contributed by atoms with Crippen molar-refractivity contribution in [1.29, 1.82) is 0 Å². The second-order valence-electron chi connectivity index (χ2n) is 6.03. The normalized spacial score (nSPS) is 19.3. The first-order valence-electron chi connectivity index (χ1n) is 8.06. The fraction of sp³-hybridized carbons (Fsp3) is 0.750. The van der Waals surface area contributed by atoms with E-state index in [1.54, 1.807) is 0 Å². The van der Waals surface area contributed by atoms with Crippen LogP contribution in [-0.2, 0) is 0 Å². The van der Waals surface area contributed by atoms with Crippen molar-refractivity contribution in [1.82, 2.24) is 14.7 Å². The molecule has 1 aromatic heterocycles. The Morgan fingerprint density at radius 1 is 1.48 bits per heavy atom. The lowest BCUT2D eigenvalue weighted by molar-refractivity contribution is 0.0605. The molecule has 2 rings (SSSR count). The standard InChI is InChI=1S/C16H27N3O2/c1-4-14(5-2)19-15(9-12(3)17-19)16(21)18-8-6-7-13(10-18)11-20/h9,13-14,20H,4-8,10-11H2,1-3H3. The van der Waals surface area contributed by atoms with E-state index in [9.17, 15) is 9.90 Å². The maximum atomic E-state index is 12.8. The Morgan fingerprint density at radius 3 is 2.81 bits per heavy atom. The first-order chi connectivity index (χ1) is 10.1. The van der Waals surface area contributed by atoms with Crippen LogP contribution in [0.15, 0.2) is 6.07 Å². The number of aryl methyl sites for hydroxylation is 1. The first-order valence-corrected chi connectivity index (χ1v) is 8.06. The van der Waals surface area contributed by atoms with E-state index in [1.807, 2.05) is 22.6 Å². The van der Waals surface area contributed by atoms with Crippen molar-refractivity contribution < 1.29 is 9.90 Å². The van der Waals surface area contributed by atoms with Gasteiger partial charge in [0.1, 0.15) is 5.69 Å². The SMILES string of the molecule is CCC(CC)n1nc(C)cc1C(=O)N1CCCC(CO)C1. The molecule has 0 aromatic carbocycles. The molecule has 5 nitrogen and oxygen atoms in total. The number of hydrogen-bond acceptors (Lipinski definition) is 3. The molecule has 0 spiro atoms. The molecular formula is C16H27N3O2. The molecule has 5 heteroatoms. The fourth-order valence-corrected chi connectivity index (χ4v) is 3.15. The minimum Gasteiger partial charge on any atom is -0.396 e. The van der Waals surface area contributed by atoms with Crippen molar-refractivity contribution in [3.8, 4) is 0 Å². The molecule has 1 amide bonds. The maximum Gasteiger partial charge on any atom is 0.272 e. The van der Waals surface area contributed by atoms with Crippen molar-refractivity contribution in [2.45, 2.75) is 52.5 Å². The summed E-state index contributed by atoms with van der Waals surface area (Å²) in [6, 6.07) is 2.17. The number of aliphatic hydroxyl groups is 1. The first kappa shape index (κ1) is 16.0. The van der Waals surface area contributed by atoms with Gasteiger partial charge in [-0.2, -0.15) is 5.10 Å². The van der Waals surface area contributed by atoms with E-state index in [4.69, 9.17) is 0 Å². The molecule has 1 saturated heterocycles. The number of carbonyl (C=O) groups excluding carboxylic acids is 1. The highest BCUT2D eigenvalue weighted by Crippen LogP contribution is 2.22. The average molecular weight is 293 g/mol. The molecule has 1 aliphatic rings. The van der Waals surface area contributed by atoms with Gasteiger partial charge >= 0.3 is 0 Å². The third-order valence-corrected chi connectivity index (χ3v) is 4.43. The van der Waals surface area contributed by atoms with Crippen LogP contribution in [-0.4, -0.2) is 45.4 Å². The minimum absolute atomic E-state index is 0.0562. The van der Waals surface area contributed by atoms with Gasteiger partial charge in [0, 0.05) is 19.7 Å². The van der Waals surface area contributed by atoms with Crippen molar-refractivity contribution >= 4 is 5.91 Å². The lowest BCUT2D eigenvalue weighted by Gasteiger charge is -2.32. The predicted molar refractivity (Wildman–Crippen MR) is 82.3 cm³/mol. The van der Waals surface area contributed by atoms with Gasteiger partial charge < -0.3 is 10.0 Å². The number of likely N-dealkylation sites (tertiary alicyclic amines) is 1. The van der Waals surface area contributed by atoms with Gasteiger partial charge in [-0.15, -0.1) is 0 Å². The number of aliphatic hydroxyl groups excluding tert-OH is 1. The zero-order chi connectivity index (χ0) is 15.4. The average Bonchev–Trinajstić information content (AvgIpc) is 2.89. The topological polar surface area (TPSA) is 58.4 Å². The van der Waals surface area contributed by atoms with Gasteiger partial charge in [0.25, 0.3) is 5.91 Å². The van der Waals surface area contributed by atoms with Gasteiger partial charge in [0.15, 0.2) is 0 Å². The van der Waals surface area contributed by atoms with Gasteiger partial charge in [-0.3, -0.25) is 9.48 Å². The Kier molecular flexibility index (Phi) is 5.39. The van der Waals surface area contributed by atoms with Crippen LogP contribution in [0.3, 0.4) is 0 Å². The van der Waals surface area contributed by atoms with Crippen molar-refractivity contribution in [3.05, 3.63) is 17.5 Å². The zero-order valence-electron chi connectivity index (χ0n) is 13.4. The van der Waals surface area contributed by atoms with Crippen LogP contribution in [0.25, 0.3) is 0 Å². The van der Waals surface area contributed by atoms with Gasteiger partial charge in [0.2, 0.25) is 0 Å². The smallest absolute Gasteiger partial charge is 0.272 e. The number of hydrogen-bond donors (Lipinski definition) is 1. The molecule has 1 fully saturated rings. The summed E-state index contributed by atoms with van der Waals surface area (Å²) in [5.41, 5.74) is 1.58. The largest absolute Gasteiger partial charge is 0.396 e. The lowest BCUT2D eigenvalue weighted by Crippen LogP contribution is -2.41. The van der Waals surface area contributed by atoms with E-state index < -0.39 is 0 Å². The summed E-state index contributed by atoms with van der Waals surface area (Å²) in [6.07, 6.45) is 3.91. The summed E-state index contributed by atoms with van der Waals surface area (Å²) in [5.74, 6) is 0.272. The molecule has 0 saturated carbocycles. The lowest BCUT2D eigenvalue weighted by atomic mass is 9.99. The van der Waals surface area contributed by atoms with Gasteiger partial charge in [0.05, 0.1) is 11.7 Å². The summed E-state index contributed by atoms with van der Waals surface area (Å²) in [7, 11) is 0. The number of carbonyl (C=O) groups is 1. The van der Waals surface area contributed by atoms with E-state index in [2.05, 4.69) is 18.9 Å². The molecule has 1 N–H and O–H groups in total. The monoisotopic (exact) mass is 293 g/mol. The molecule has 1 aliphatic heterocycles. The van der Waals surface area contributed by atoms with Gasteiger partial charge in [-0.05, 0) is 44.6 Å². The number of amides is 1. The van der Waals surface area contributed by atoms with Gasteiger partial charge in [-0.1, -0.05) is 13.8 Å². The summed E-state index contributed by atoms with van der Waals surface area (Å²) in [6.45, 7) is 7.78. The Labute approximate surface area is 126 Å². The molecule has 2 heterocycles. The molecule has 21 heavy (non-hydrogen) atoms. The Balaban J connectivity index is 2.22. The molecule has 0 aliphatic carbocycles. The van der Waals surface area contributed by atoms with E-state index in [1.165, 1.54) is 0 Å². The van der Waals surface area contributed by atoms with E-state index >= 15 is 0 Å². The van der Waals surface area contributed by atoms with E-state index in [0.717, 1.165) is 37.9 Å². The van der Waals surface area contributed by atoms with E-state index in [0.29, 0.717) is 12.2 Å². The number of nitrogens with zero attached hydrogens (tertiary/aromatic N) is 3. The summed E-state index contributed by atoms with van der Waals surface area (Å²) >= 11 is 0. The predicted octanol–water partition coefficient (Wildman–Crippen LogP) is 2.40. The molecule has 1 aromatic rings. The van der Waals surface area contributed by atoms with Crippen LogP contribution in [0.1, 0.15) is 61.8 Å². The number of piperidine rings is 1. The van der Waals surface area contributed by atoms with Crippen LogP contribution in [0.5, 0.6) is 0 Å². The molecule has 0 radical (unpaired) electrons. The van der Waals surface area contributed by atoms with Crippen molar-refractivity contribution in [2.24, 2.45) is 5.92 Å². The maximum absolute atomic E-state index is 12.8. The molecule has 0 bridgehead atoms. The Hall–Kier alpha value is -1.36. The fourth-order valence-electron chi connectivity index (χ4n) is 3.15. The van der Waals surface area contributed by atoms with Crippen LogP contribution >= 0.6 is 0 Å². The Bertz CT molecular complexity index is 480. The highest BCUT2D eigenvalue weighted by molar-refractivity contribution is 5.92. The van der Waals surface area contributed by atoms with Gasteiger partial charge in [-0.25, -0.2) is 0 Å². The quantitative estimate of drug-likeness (QED) is 0.907. The third kappa shape index (κ3) is 3.46. The minimum atomic E-state index is 0.0562. The summed E-state index contributed by atoms with van der Waals surface area (Å²) in [4.78, 5) is 14.7. The number of aromatic nitrogens is 2. The van der Waals surface area contributed by atoms with Crippen LogP contribution in [0.4, 0.5) is 0 Å². The highest BCUT2D eigenvalue weighted by Gasteiger charge is 2.27. The molecule has 1 atom stereocenters. The van der Waals surface area contributed by atoms with Crippen molar-refractivity contribution in [2.75, 3.05) is 19.7 Å². The van der Waals surface area contributed by atoms with Crippen LogP contribution in [0.2, 0.25) is 0 Å². The second-order valence-corrected chi connectivity index (χ2v) is 6.03.